The summed E-state index contributed by atoms with van der Waals surface area (Å²) in [7, 11) is 0. The highest BCUT2D eigenvalue weighted by Crippen LogP contribution is 2.47. The van der Waals surface area contributed by atoms with Crippen molar-refractivity contribution in [2.45, 2.75) is 75.2 Å². The molecule has 1 heterocycles. The van der Waals surface area contributed by atoms with Gasteiger partial charge < -0.3 is 15.8 Å². The molecule has 11 heteroatoms. The second-order valence-corrected chi connectivity index (χ2v) is 10.2. The van der Waals surface area contributed by atoms with Crippen LogP contribution in [0.2, 0.25) is 0 Å². The summed E-state index contributed by atoms with van der Waals surface area (Å²) >= 11 is 0. The standard InChI is InChI=1S/C26H27F7N2O2/c1-13(15-9-16(25(28,29)30)11-17(10-15)26(31,32)33)37-21-8-7-19(20-12-24(2,34)23(36)35-20)22(21)14-3-5-18(27)6-4-14/h3-6,9-11,13,19-22H,7-8,12,34H2,1-2H3,(H,35,36)/t13-,19+,20+,21+,22+,24+/m1/s1. The van der Waals surface area contributed by atoms with E-state index in [4.69, 9.17) is 10.5 Å². The maximum absolute atomic E-state index is 13.6. The molecule has 1 aliphatic heterocycles. The molecule has 2 aromatic carbocycles. The summed E-state index contributed by atoms with van der Waals surface area (Å²) in [6.45, 7) is 3.02. The van der Waals surface area contributed by atoms with Gasteiger partial charge in [-0.3, -0.25) is 4.79 Å². The van der Waals surface area contributed by atoms with E-state index >= 15 is 0 Å². The van der Waals surface area contributed by atoms with Crippen molar-refractivity contribution in [3.63, 3.8) is 0 Å². The lowest BCUT2D eigenvalue weighted by atomic mass is 9.81. The predicted octanol–water partition coefficient (Wildman–Crippen LogP) is 6.11. The van der Waals surface area contributed by atoms with E-state index in [0.717, 1.165) is 0 Å². The van der Waals surface area contributed by atoms with Crippen molar-refractivity contribution in [1.82, 2.24) is 5.32 Å². The molecule has 2 aliphatic rings. The first-order chi connectivity index (χ1) is 17.1. The van der Waals surface area contributed by atoms with Crippen LogP contribution in [0.15, 0.2) is 42.5 Å². The number of hydrogen-bond acceptors (Lipinski definition) is 3. The Labute approximate surface area is 209 Å². The third-order valence-electron chi connectivity index (χ3n) is 7.36. The van der Waals surface area contributed by atoms with Crippen LogP contribution in [0.1, 0.15) is 67.4 Å². The monoisotopic (exact) mass is 532 g/mol. The fraction of sp³-hybridized carbons (Fsp3) is 0.500. The molecule has 1 aliphatic carbocycles. The van der Waals surface area contributed by atoms with Crippen LogP contribution in [0.25, 0.3) is 0 Å². The molecular formula is C26H27F7N2O2. The van der Waals surface area contributed by atoms with Crippen molar-refractivity contribution in [2.75, 3.05) is 0 Å². The summed E-state index contributed by atoms with van der Waals surface area (Å²) in [6, 6.07) is 6.78. The maximum Gasteiger partial charge on any atom is 0.416 e. The summed E-state index contributed by atoms with van der Waals surface area (Å²) in [4.78, 5) is 12.3. The topological polar surface area (TPSA) is 64.3 Å². The third-order valence-corrected chi connectivity index (χ3v) is 7.36. The molecule has 0 unspecified atom stereocenters. The summed E-state index contributed by atoms with van der Waals surface area (Å²) in [6.07, 6.45) is -10.3. The van der Waals surface area contributed by atoms with Crippen LogP contribution in [0.4, 0.5) is 30.7 Å². The van der Waals surface area contributed by atoms with Crippen molar-refractivity contribution in [1.29, 1.82) is 0 Å². The summed E-state index contributed by atoms with van der Waals surface area (Å²) in [5.41, 5.74) is 2.63. The van der Waals surface area contributed by atoms with Crippen molar-refractivity contribution in [3.8, 4) is 0 Å². The van der Waals surface area contributed by atoms with Crippen LogP contribution in [0.5, 0.6) is 0 Å². The van der Waals surface area contributed by atoms with Crippen LogP contribution >= 0.6 is 0 Å². The highest BCUT2D eigenvalue weighted by Gasteiger charge is 2.49. The average Bonchev–Trinajstić information content (AvgIpc) is 3.32. The normalized spacial score (nSPS) is 29.4. The lowest BCUT2D eigenvalue weighted by Gasteiger charge is -2.31. The van der Waals surface area contributed by atoms with Crippen molar-refractivity contribution < 1.29 is 40.3 Å². The Morgan fingerprint density at radius 2 is 1.57 bits per heavy atom. The molecule has 0 aromatic heterocycles. The predicted molar refractivity (Wildman–Crippen MR) is 121 cm³/mol. The molecule has 2 aromatic rings. The summed E-state index contributed by atoms with van der Waals surface area (Å²) in [5.74, 6) is -1.34. The fourth-order valence-corrected chi connectivity index (χ4v) is 5.49. The van der Waals surface area contributed by atoms with E-state index in [9.17, 15) is 35.5 Å². The van der Waals surface area contributed by atoms with Gasteiger partial charge >= 0.3 is 12.4 Å². The lowest BCUT2D eigenvalue weighted by molar-refractivity contribution is -0.143. The number of halogens is 7. The lowest BCUT2D eigenvalue weighted by Crippen LogP contribution is -2.43. The summed E-state index contributed by atoms with van der Waals surface area (Å²) in [5, 5.41) is 2.91. The van der Waals surface area contributed by atoms with Gasteiger partial charge in [0.15, 0.2) is 0 Å². The SMILES string of the molecule is C[C@@H](O[C@H]1CC[C@@H]([C@@H]2C[C@](C)(N)C(=O)N2)[C@@H]1c1ccc(F)cc1)c1cc(C(F)(F)F)cc(C(F)(F)F)c1. The molecule has 0 bridgehead atoms. The van der Waals surface area contributed by atoms with Gasteiger partial charge in [-0.15, -0.1) is 0 Å². The minimum Gasteiger partial charge on any atom is -0.370 e. The van der Waals surface area contributed by atoms with Gasteiger partial charge in [-0.25, -0.2) is 4.39 Å². The van der Waals surface area contributed by atoms with E-state index < -0.39 is 53.0 Å². The zero-order valence-electron chi connectivity index (χ0n) is 20.1. The van der Waals surface area contributed by atoms with Crippen molar-refractivity contribution >= 4 is 5.91 Å². The van der Waals surface area contributed by atoms with Gasteiger partial charge in [-0.05, 0) is 80.5 Å². The Balaban J connectivity index is 1.65. The van der Waals surface area contributed by atoms with E-state index in [0.29, 0.717) is 37.0 Å². The molecule has 4 nitrogen and oxygen atoms in total. The molecule has 0 radical (unpaired) electrons. The van der Waals surface area contributed by atoms with Crippen molar-refractivity contribution in [2.24, 2.45) is 11.7 Å². The van der Waals surface area contributed by atoms with Gasteiger partial charge in [-0.2, -0.15) is 26.3 Å². The molecule has 202 valence electrons. The molecule has 4 rings (SSSR count). The van der Waals surface area contributed by atoms with Gasteiger partial charge in [0.1, 0.15) is 5.82 Å². The quantitative estimate of drug-likeness (QED) is 0.457. The van der Waals surface area contributed by atoms with Crippen LogP contribution < -0.4 is 11.1 Å². The van der Waals surface area contributed by atoms with Crippen LogP contribution in [0.3, 0.4) is 0 Å². The Bertz CT molecular complexity index is 1110. The Morgan fingerprint density at radius 1 is 1.00 bits per heavy atom. The van der Waals surface area contributed by atoms with Gasteiger partial charge in [0.2, 0.25) is 5.91 Å². The number of amides is 1. The smallest absolute Gasteiger partial charge is 0.370 e. The Hall–Kier alpha value is -2.66. The zero-order valence-corrected chi connectivity index (χ0v) is 20.1. The fourth-order valence-electron chi connectivity index (χ4n) is 5.49. The number of benzene rings is 2. The minimum absolute atomic E-state index is 0.0791. The summed E-state index contributed by atoms with van der Waals surface area (Å²) < 4.78 is 99.9. The first-order valence-electron chi connectivity index (χ1n) is 11.9. The number of alkyl halides is 6. The molecule has 1 saturated carbocycles. The van der Waals surface area contributed by atoms with Gasteiger partial charge in [0, 0.05) is 12.0 Å². The third kappa shape index (κ3) is 5.77. The average molecular weight is 533 g/mol. The van der Waals surface area contributed by atoms with Gasteiger partial charge in [0.25, 0.3) is 0 Å². The van der Waals surface area contributed by atoms with Crippen molar-refractivity contribution in [3.05, 3.63) is 70.5 Å². The maximum atomic E-state index is 13.6. The Morgan fingerprint density at radius 3 is 2.05 bits per heavy atom. The van der Waals surface area contributed by atoms with Crippen LogP contribution in [-0.4, -0.2) is 23.6 Å². The second kappa shape index (κ2) is 9.58. The number of carbonyl (C=O) groups excluding carboxylic acids is 1. The molecule has 6 atom stereocenters. The molecule has 0 spiro atoms. The number of rotatable bonds is 5. The zero-order chi connectivity index (χ0) is 27.3. The number of nitrogens with one attached hydrogen (secondary N) is 1. The first-order valence-corrected chi connectivity index (χ1v) is 11.9. The second-order valence-electron chi connectivity index (χ2n) is 10.2. The molecular weight excluding hydrogens is 505 g/mol. The van der Waals surface area contributed by atoms with E-state index in [-0.39, 0.29) is 29.5 Å². The number of hydrogen-bond donors (Lipinski definition) is 2. The van der Waals surface area contributed by atoms with Crippen LogP contribution in [0, 0.1) is 11.7 Å². The highest BCUT2D eigenvalue weighted by molar-refractivity contribution is 5.88. The first kappa shape index (κ1) is 27.4. The van der Waals surface area contributed by atoms with E-state index in [2.05, 4.69) is 5.32 Å². The molecule has 1 saturated heterocycles. The van der Waals surface area contributed by atoms with E-state index in [1.54, 1.807) is 19.1 Å². The minimum atomic E-state index is -4.97. The van der Waals surface area contributed by atoms with E-state index in [1.807, 2.05) is 0 Å². The highest BCUT2D eigenvalue weighted by atomic mass is 19.4. The molecule has 3 N–H and O–H groups in total. The number of nitrogens with two attached hydrogens (primary N) is 1. The van der Waals surface area contributed by atoms with Gasteiger partial charge in [-0.1, -0.05) is 12.1 Å². The largest absolute Gasteiger partial charge is 0.416 e. The van der Waals surface area contributed by atoms with Crippen LogP contribution in [-0.2, 0) is 21.9 Å². The number of carbonyl (C=O) groups is 1. The van der Waals surface area contributed by atoms with E-state index in [1.165, 1.54) is 19.1 Å². The molecule has 1 amide bonds. The Kier molecular flexibility index (Phi) is 7.09. The molecule has 2 fully saturated rings. The van der Waals surface area contributed by atoms with Gasteiger partial charge in [0.05, 0.1) is 28.9 Å². The number of ether oxygens (including phenoxy) is 1. The molecule has 37 heavy (non-hydrogen) atoms.